The van der Waals surface area contributed by atoms with Crippen molar-refractivity contribution in [1.29, 1.82) is 0 Å². The predicted molar refractivity (Wildman–Crippen MR) is 83.6 cm³/mol. The highest BCUT2D eigenvalue weighted by Gasteiger charge is 2.23. The normalized spacial score (nSPS) is 17.0. The van der Waals surface area contributed by atoms with Gasteiger partial charge in [-0.25, -0.2) is 0 Å². The monoisotopic (exact) mass is 291 g/mol. The van der Waals surface area contributed by atoms with Crippen molar-refractivity contribution in [1.82, 2.24) is 4.90 Å². The molecule has 1 aromatic carbocycles. The van der Waals surface area contributed by atoms with Crippen molar-refractivity contribution in [3.63, 3.8) is 0 Å². The first-order valence-corrected chi connectivity index (χ1v) is 7.44. The zero-order valence-electron chi connectivity index (χ0n) is 12.9. The van der Waals surface area contributed by atoms with Gasteiger partial charge in [0.15, 0.2) is 0 Å². The molecule has 0 saturated carbocycles. The molecule has 0 aromatic heterocycles. The molecule has 0 amide bonds. The maximum Gasteiger partial charge on any atom is 0.144 e. The van der Waals surface area contributed by atoms with E-state index in [4.69, 9.17) is 15.7 Å². The molecule has 0 unspecified atom stereocenters. The van der Waals surface area contributed by atoms with Gasteiger partial charge in [-0.3, -0.25) is 4.90 Å². The van der Waals surface area contributed by atoms with E-state index in [1.807, 2.05) is 32.0 Å². The van der Waals surface area contributed by atoms with Crippen LogP contribution in [0.4, 0.5) is 0 Å². The van der Waals surface area contributed by atoms with E-state index in [2.05, 4.69) is 16.1 Å². The first kappa shape index (κ1) is 15.6. The van der Waals surface area contributed by atoms with Gasteiger partial charge in [-0.05, 0) is 25.5 Å². The van der Waals surface area contributed by atoms with Gasteiger partial charge in [0.25, 0.3) is 0 Å². The molecule has 0 atom stereocenters. The largest absolute Gasteiger partial charge is 0.492 e. The molecule has 0 aliphatic carbocycles. The molecule has 0 fully saturated rings. The molecule has 116 valence electrons. The summed E-state index contributed by atoms with van der Waals surface area (Å²) in [4.78, 5) is 2.40. The Labute approximate surface area is 126 Å². The molecule has 5 nitrogen and oxygen atoms in total. The number of ether oxygens (including phenoxy) is 1. The molecule has 0 bridgehead atoms. The maximum absolute atomic E-state index is 8.80. The first-order valence-electron chi connectivity index (χ1n) is 7.44. The Hall–Kier alpha value is -1.75. The Morgan fingerprint density at radius 1 is 1.43 bits per heavy atom. The summed E-state index contributed by atoms with van der Waals surface area (Å²) in [5.41, 5.74) is 6.70. The third-order valence-electron chi connectivity index (χ3n) is 4.11. The van der Waals surface area contributed by atoms with Gasteiger partial charge in [-0.15, -0.1) is 0 Å². The number of amidine groups is 1. The molecule has 1 heterocycles. The number of oxime groups is 1. The van der Waals surface area contributed by atoms with Crippen LogP contribution in [0.15, 0.2) is 29.4 Å². The summed E-state index contributed by atoms with van der Waals surface area (Å²) >= 11 is 0. The van der Waals surface area contributed by atoms with Gasteiger partial charge in [0.2, 0.25) is 0 Å². The number of nitrogens with two attached hydrogens (primary N) is 1. The molecule has 5 heteroatoms. The van der Waals surface area contributed by atoms with E-state index in [0.29, 0.717) is 5.84 Å². The lowest BCUT2D eigenvalue weighted by atomic mass is 9.86. The molecule has 0 spiro atoms. The van der Waals surface area contributed by atoms with Crippen LogP contribution < -0.4 is 10.5 Å². The summed E-state index contributed by atoms with van der Waals surface area (Å²) in [7, 11) is 0. The molecule has 0 radical (unpaired) electrons. The quantitative estimate of drug-likeness (QED) is 0.378. The number of hydrogen-bond donors (Lipinski definition) is 2. The second-order valence-electron chi connectivity index (χ2n) is 6.21. The zero-order chi connectivity index (χ0) is 15.3. The summed E-state index contributed by atoms with van der Waals surface area (Å²) in [5.74, 6) is 1.30. The highest BCUT2D eigenvalue weighted by Crippen LogP contribution is 2.25. The zero-order valence-corrected chi connectivity index (χ0v) is 12.9. The van der Waals surface area contributed by atoms with Crippen molar-refractivity contribution in [2.75, 3.05) is 19.7 Å². The maximum atomic E-state index is 8.80. The molecular weight excluding hydrogens is 266 g/mol. The van der Waals surface area contributed by atoms with E-state index in [-0.39, 0.29) is 5.41 Å². The molecule has 1 aliphatic heterocycles. The molecule has 1 aliphatic rings. The van der Waals surface area contributed by atoms with E-state index in [1.54, 1.807) is 0 Å². The second-order valence-corrected chi connectivity index (χ2v) is 6.21. The standard InChI is InChI=1S/C16H25N3O2/c1-16(2,15(17)18-20)8-5-9-19-10-11-21-14-7-4-3-6-13(14)12-19/h3-4,6-7,20H,5,8-12H2,1-2H3,(H2,17,18). The van der Waals surface area contributed by atoms with Gasteiger partial charge in [0.05, 0.1) is 0 Å². The lowest BCUT2D eigenvalue weighted by Crippen LogP contribution is -2.33. The second kappa shape index (κ2) is 6.80. The third-order valence-corrected chi connectivity index (χ3v) is 4.11. The number of benzene rings is 1. The topological polar surface area (TPSA) is 71.1 Å². The smallest absolute Gasteiger partial charge is 0.144 e. The minimum atomic E-state index is -0.269. The van der Waals surface area contributed by atoms with Gasteiger partial charge in [0.1, 0.15) is 18.2 Å². The van der Waals surface area contributed by atoms with Crippen LogP contribution in [0.25, 0.3) is 0 Å². The fraction of sp³-hybridized carbons (Fsp3) is 0.562. The van der Waals surface area contributed by atoms with E-state index >= 15 is 0 Å². The average molecular weight is 291 g/mol. The number of fused-ring (bicyclic) bond motifs is 1. The van der Waals surface area contributed by atoms with Crippen molar-refractivity contribution < 1.29 is 9.94 Å². The Kier molecular flexibility index (Phi) is 5.07. The van der Waals surface area contributed by atoms with Crippen LogP contribution in [0.3, 0.4) is 0 Å². The SMILES string of the molecule is CC(C)(CCCN1CCOc2ccccc2C1)C(N)=NO. The average Bonchev–Trinajstić information content (AvgIpc) is 2.67. The van der Waals surface area contributed by atoms with Crippen LogP contribution in [-0.4, -0.2) is 35.6 Å². The fourth-order valence-corrected chi connectivity index (χ4v) is 2.58. The molecule has 21 heavy (non-hydrogen) atoms. The highest BCUT2D eigenvalue weighted by molar-refractivity contribution is 5.85. The highest BCUT2D eigenvalue weighted by atomic mass is 16.5. The van der Waals surface area contributed by atoms with E-state index in [1.165, 1.54) is 5.56 Å². The molecule has 1 aromatic rings. The minimum absolute atomic E-state index is 0.269. The van der Waals surface area contributed by atoms with Crippen molar-refractivity contribution in [3.8, 4) is 5.75 Å². The molecular formula is C16H25N3O2. The van der Waals surface area contributed by atoms with Crippen LogP contribution in [0.2, 0.25) is 0 Å². The van der Waals surface area contributed by atoms with Crippen molar-refractivity contribution in [3.05, 3.63) is 29.8 Å². The van der Waals surface area contributed by atoms with Crippen LogP contribution in [-0.2, 0) is 6.54 Å². The number of nitrogens with zero attached hydrogens (tertiary/aromatic N) is 2. The Balaban J connectivity index is 1.87. The number of hydrogen-bond acceptors (Lipinski definition) is 4. The molecule has 2 rings (SSSR count). The Morgan fingerprint density at radius 2 is 2.19 bits per heavy atom. The van der Waals surface area contributed by atoms with Crippen molar-refractivity contribution in [2.45, 2.75) is 33.2 Å². The van der Waals surface area contributed by atoms with E-state index < -0.39 is 0 Å². The first-order chi connectivity index (χ1) is 10.0. The third kappa shape index (κ3) is 4.11. The number of para-hydroxylation sites is 1. The summed E-state index contributed by atoms with van der Waals surface area (Å²) in [6.45, 7) is 7.56. The number of rotatable bonds is 5. The lowest BCUT2D eigenvalue weighted by Gasteiger charge is -2.25. The van der Waals surface area contributed by atoms with Crippen LogP contribution >= 0.6 is 0 Å². The molecule has 0 saturated heterocycles. The summed E-state index contributed by atoms with van der Waals surface area (Å²) in [6, 6.07) is 8.20. The Morgan fingerprint density at radius 3 is 2.95 bits per heavy atom. The van der Waals surface area contributed by atoms with Gasteiger partial charge in [0, 0.05) is 24.1 Å². The van der Waals surface area contributed by atoms with Crippen LogP contribution in [0, 0.1) is 5.41 Å². The van der Waals surface area contributed by atoms with Crippen LogP contribution in [0.5, 0.6) is 5.75 Å². The summed E-state index contributed by atoms with van der Waals surface area (Å²) in [6.07, 6.45) is 1.90. The van der Waals surface area contributed by atoms with Gasteiger partial charge in [-0.1, -0.05) is 37.2 Å². The molecule has 3 N–H and O–H groups in total. The van der Waals surface area contributed by atoms with E-state index in [0.717, 1.165) is 44.8 Å². The van der Waals surface area contributed by atoms with E-state index in [9.17, 15) is 0 Å². The Bertz CT molecular complexity index is 500. The summed E-state index contributed by atoms with van der Waals surface area (Å²) < 4.78 is 5.77. The lowest BCUT2D eigenvalue weighted by molar-refractivity contribution is 0.216. The fourth-order valence-electron chi connectivity index (χ4n) is 2.58. The van der Waals surface area contributed by atoms with Gasteiger partial charge in [-0.2, -0.15) is 0 Å². The van der Waals surface area contributed by atoms with Gasteiger partial charge < -0.3 is 15.7 Å². The van der Waals surface area contributed by atoms with Crippen LogP contribution in [0.1, 0.15) is 32.3 Å². The summed E-state index contributed by atoms with van der Waals surface area (Å²) in [5, 5.41) is 11.9. The van der Waals surface area contributed by atoms with Gasteiger partial charge >= 0.3 is 0 Å². The predicted octanol–water partition coefficient (Wildman–Crippen LogP) is 2.43. The van der Waals surface area contributed by atoms with Crippen molar-refractivity contribution >= 4 is 5.84 Å². The van der Waals surface area contributed by atoms with Crippen molar-refractivity contribution in [2.24, 2.45) is 16.3 Å². The minimum Gasteiger partial charge on any atom is -0.492 e.